The minimum atomic E-state index is 0.0131. The van der Waals surface area contributed by atoms with Gasteiger partial charge in [0, 0.05) is 29.7 Å². The highest BCUT2D eigenvalue weighted by Crippen LogP contribution is 2.26. The van der Waals surface area contributed by atoms with Gasteiger partial charge in [-0.15, -0.1) is 0 Å². The normalized spacial score (nSPS) is 30.2. The summed E-state index contributed by atoms with van der Waals surface area (Å²) in [5, 5.41) is 3.79. The van der Waals surface area contributed by atoms with Gasteiger partial charge in [0.15, 0.2) is 0 Å². The molecule has 2 aliphatic rings. The van der Waals surface area contributed by atoms with Crippen LogP contribution in [0.2, 0.25) is 5.02 Å². The third kappa shape index (κ3) is 2.52. The zero-order valence-corrected chi connectivity index (χ0v) is 11.0. The SMILES string of the molecule is O=C(N[C@@H]1CC2CCN(C2)C1)c1ccc(Cl)cc1. The quantitative estimate of drug-likeness (QED) is 0.888. The number of nitrogens with one attached hydrogen (secondary N) is 1. The largest absolute Gasteiger partial charge is 0.348 e. The van der Waals surface area contributed by atoms with E-state index in [4.69, 9.17) is 11.6 Å². The topological polar surface area (TPSA) is 32.3 Å². The molecular formula is C14H17ClN2O. The van der Waals surface area contributed by atoms with E-state index in [0.717, 1.165) is 18.9 Å². The first-order chi connectivity index (χ1) is 8.70. The Hall–Kier alpha value is -1.06. The maximum absolute atomic E-state index is 12.1. The van der Waals surface area contributed by atoms with Crippen LogP contribution in [0.4, 0.5) is 0 Å². The molecule has 2 unspecified atom stereocenters. The summed E-state index contributed by atoms with van der Waals surface area (Å²) in [4.78, 5) is 14.5. The molecule has 96 valence electrons. The Morgan fingerprint density at radius 2 is 2.06 bits per heavy atom. The molecule has 2 bridgehead atoms. The number of nitrogens with zero attached hydrogens (tertiary/aromatic N) is 1. The molecule has 1 amide bonds. The van der Waals surface area contributed by atoms with Gasteiger partial charge in [-0.1, -0.05) is 11.6 Å². The maximum Gasteiger partial charge on any atom is 0.251 e. The Morgan fingerprint density at radius 1 is 1.28 bits per heavy atom. The molecule has 2 heterocycles. The smallest absolute Gasteiger partial charge is 0.251 e. The highest BCUT2D eigenvalue weighted by Gasteiger charge is 2.32. The standard InChI is InChI=1S/C14H17ClN2O/c15-12-3-1-11(2-4-12)14(18)16-13-7-10-5-6-17(8-10)9-13/h1-4,10,13H,5-9H2,(H,16,18)/t10?,13-/m1/s1. The van der Waals surface area contributed by atoms with E-state index in [-0.39, 0.29) is 5.91 Å². The van der Waals surface area contributed by atoms with E-state index < -0.39 is 0 Å². The fourth-order valence-corrected chi connectivity index (χ4v) is 3.16. The molecule has 0 saturated carbocycles. The molecule has 0 radical (unpaired) electrons. The van der Waals surface area contributed by atoms with Gasteiger partial charge in [0.1, 0.15) is 0 Å². The zero-order valence-electron chi connectivity index (χ0n) is 10.2. The van der Waals surface area contributed by atoms with Crippen LogP contribution in [-0.4, -0.2) is 36.5 Å². The minimum absolute atomic E-state index is 0.0131. The molecule has 0 spiro atoms. The highest BCUT2D eigenvalue weighted by atomic mass is 35.5. The summed E-state index contributed by atoms with van der Waals surface area (Å²) in [6.45, 7) is 3.40. The Morgan fingerprint density at radius 3 is 2.78 bits per heavy atom. The molecule has 2 aliphatic heterocycles. The summed E-state index contributed by atoms with van der Waals surface area (Å²) < 4.78 is 0. The summed E-state index contributed by atoms with van der Waals surface area (Å²) >= 11 is 5.82. The number of amides is 1. The third-order valence-electron chi connectivity index (χ3n) is 3.91. The Kier molecular flexibility index (Phi) is 3.27. The van der Waals surface area contributed by atoms with Crippen molar-refractivity contribution >= 4 is 17.5 Å². The number of benzene rings is 1. The predicted molar refractivity (Wildman–Crippen MR) is 71.9 cm³/mol. The van der Waals surface area contributed by atoms with Crippen LogP contribution in [0.5, 0.6) is 0 Å². The molecule has 4 heteroatoms. The summed E-state index contributed by atoms with van der Waals surface area (Å²) in [6.07, 6.45) is 2.41. The van der Waals surface area contributed by atoms with E-state index in [9.17, 15) is 4.79 Å². The lowest BCUT2D eigenvalue weighted by Gasteiger charge is -2.30. The fourth-order valence-electron chi connectivity index (χ4n) is 3.03. The van der Waals surface area contributed by atoms with E-state index in [1.165, 1.54) is 19.5 Å². The molecule has 0 aliphatic carbocycles. The van der Waals surface area contributed by atoms with Crippen molar-refractivity contribution in [1.29, 1.82) is 0 Å². The molecule has 0 aromatic heterocycles. The van der Waals surface area contributed by atoms with Crippen LogP contribution in [0.25, 0.3) is 0 Å². The zero-order chi connectivity index (χ0) is 12.5. The highest BCUT2D eigenvalue weighted by molar-refractivity contribution is 6.30. The number of piperidine rings is 1. The first kappa shape index (κ1) is 12.0. The van der Waals surface area contributed by atoms with E-state index >= 15 is 0 Å². The van der Waals surface area contributed by atoms with E-state index in [2.05, 4.69) is 10.2 Å². The molecule has 1 N–H and O–H groups in total. The number of carbonyl (C=O) groups is 1. The molecule has 1 aromatic carbocycles. The minimum Gasteiger partial charge on any atom is -0.348 e. The number of fused-ring (bicyclic) bond motifs is 2. The second kappa shape index (κ2) is 4.90. The van der Waals surface area contributed by atoms with Crippen molar-refractivity contribution in [3.8, 4) is 0 Å². The molecule has 3 nitrogen and oxygen atoms in total. The van der Waals surface area contributed by atoms with Crippen LogP contribution in [0.15, 0.2) is 24.3 Å². The van der Waals surface area contributed by atoms with Gasteiger partial charge in [0.25, 0.3) is 5.91 Å². The molecule has 3 atom stereocenters. The van der Waals surface area contributed by atoms with Crippen molar-refractivity contribution in [3.63, 3.8) is 0 Å². The van der Waals surface area contributed by atoms with Crippen molar-refractivity contribution in [2.24, 2.45) is 5.92 Å². The van der Waals surface area contributed by atoms with Gasteiger partial charge in [0.05, 0.1) is 0 Å². The van der Waals surface area contributed by atoms with Gasteiger partial charge in [-0.3, -0.25) is 4.79 Å². The lowest BCUT2D eigenvalue weighted by atomic mass is 9.96. The average Bonchev–Trinajstić information content (AvgIpc) is 2.69. The van der Waals surface area contributed by atoms with Crippen LogP contribution in [0.1, 0.15) is 23.2 Å². The fraction of sp³-hybridized carbons (Fsp3) is 0.500. The van der Waals surface area contributed by atoms with Gasteiger partial charge in [-0.2, -0.15) is 0 Å². The van der Waals surface area contributed by atoms with Gasteiger partial charge in [-0.05, 0) is 49.6 Å². The number of hydrogen-bond acceptors (Lipinski definition) is 2. The van der Waals surface area contributed by atoms with E-state index in [0.29, 0.717) is 16.6 Å². The van der Waals surface area contributed by atoms with Gasteiger partial charge < -0.3 is 10.2 Å². The van der Waals surface area contributed by atoms with Gasteiger partial charge in [0.2, 0.25) is 0 Å². The number of rotatable bonds is 2. The van der Waals surface area contributed by atoms with Crippen LogP contribution in [0, 0.1) is 5.92 Å². The van der Waals surface area contributed by atoms with Crippen molar-refractivity contribution in [2.75, 3.05) is 19.6 Å². The van der Waals surface area contributed by atoms with Crippen LogP contribution < -0.4 is 5.32 Å². The summed E-state index contributed by atoms with van der Waals surface area (Å²) in [5.41, 5.74) is 0.687. The van der Waals surface area contributed by atoms with Crippen LogP contribution >= 0.6 is 11.6 Å². The number of carbonyl (C=O) groups excluding carboxylic acids is 1. The average molecular weight is 265 g/mol. The van der Waals surface area contributed by atoms with Gasteiger partial charge >= 0.3 is 0 Å². The van der Waals surface area contributed by atoms with E-state index in [1.807, 2.05) is 0 Å². The van der Waals surface area contributed by atoms with Crippen LogP contribution in [0.3, 0.4) is 0 Å². The Balaban J connectivity index is 1.62. The summed E-state index contributed by atoms with van der Waals surface area (Å²) in [7, 11) is 0. The Bertz CT molecular complexity index is 434. The third-order valence-corrected chi connectivity index (χ3v) is 4.16. The number of hydrogen-bond donors (Lipinski definition) is 1. The molecule has 18 heavy (non-hydrogen) atoms. The maximum atomic E-state index is 12.1. The van der Waals surface area contributed by atoms with Crippen molar-refractivity contribution in [1.82, 2.24) is 10.2 Å². The van der Waals surface area contributed by atoms with Crippen molar-refractivity contribution in [3.05, 3.63) is 34.9 Å². The molecule has 2 saturated heterocycles. The van der Waals surface area contributed by atoms with Crippen molar-refractivity contribution < 1.29 is 4.79 Å². The monoisotopic (exact) mass is 264 g/mol. The first-order valence-corrected chi connectivity index (χ1v) is 6.87. The predicted octanol–water partition coefficient (Wildman–Crippen LogP) is 2.16. The lowest BCUT2D eigenvalue weighted by molar-refractivity contribution is 0.0909. The van der Waals surface area contributed by atoms with Crippen molar-refractivity contribution in [2.45, 2.75) is 18.9 Å². The molecule has 2 fully saturated rings. The van der Waals surface area contributed by atoms with Gasteiger partial charge in [-0.25, -0.2) is 0 Å². The molecule has 3 rings (SSSR count). The summed E-state index contributed by atoms with van der Waals surface area (Å²) in [5.74, 6) is 0.786. The Labute approximate surface area is 112 Å². The summed E-state index contributed by atoms with van der Waals surface area (Å²) in [6, 6.07) is 7.36. The van der Waals surface area contributed by atoms with Crippen LogP contribution in [-0.2, 0) is 0 Å². The lowest BCUT2D eigenvalue weighted by Crippen LogP contribution is -2.46. The van der Waals surface area contributed by atoms with E-state index in [1.54, 1.807) is 24.3 Å². The molecule has 1 aromatic rings. The molecular weight excluding hydrogens is 248 g/mol. The number of halogens is 1. The second-order valence-corrected chi connectivity index (χ2v) is 5.76. The second-order valence-electron chi connectivity index (χ2n) is 5.33. The first-order valence-electron chi connectivity index (χ1n) is 6.49.